The molecule has 0 saturated carbocycles. The van der Waals surface area contributed by atoms with Crippen molar-refractivity contribution in [3.8, 4) is 0 Å². The van der Waals surface area contributed by atoms with E-state index in [1.165, 1.54) is 42.1 Å². The van der Waals surface area contributed by atoms with Crippen molar-refractivity contribution in [3.05, 3.63) is 36.0 Å². The Bertz CT molecular complexity index is 669. The van der Waals surface area contributed by atoms with E-state index in [1.54, 1.807) is 0 Å². The number of aliphatic hydroxyl groups excluding tert-OH is 1. The summed E-state index contributed by atoms with van der Waals surface area (Å²) in [5.41, 5.74) is 2.73. The van der Waals surface area contributed by atoms with Crippen LogP contribution in [0.3, 0.4) is 0 Å². The summed E-state index contributed by atoms with van der Waals surface area (Å²) in [6.45, 7) is 8.82. The molecule has 4 heteroatoms. The van der Waals surface area contributed by atoms with Crippen molar-refractivity contribution in [1.29, 1.82) is 0 Å². The number of rotatable bonds is 5. The normalized spacial score (nSPS) is 21.0. The van der Waals surface area contributed by atoms with E-state index in [-0.39, 0.29) is 0 Å². The van der Waals surface area contributed by atoms with E-state index in [0.717, 1.165) is 38.5 Å². The number of benzene rings is 1. The number of aromatic nitrogens is 1. The van der Waals surface area contributed by atoms with Gasteiger partial charge in [-0.05, 0) is 81.7 Å². The number of aliphatic hydroxyl groups is 1. The number of H-pyrrole nitrogens is 1. The van der Waals surface area contributed by atoms with Gasteiger partial charge in [0.1, 0.15) is 0 Å². The van der Waals surface area contributed by atoms with Gasteiger partial charge in [-0.1, -0.05) is 32.0 Å². The molecule has 4 rings (SSSR count). The van der Waals surface area contributed by atoms with Crippen LogP contribution in [0.5, 0.6) is 0 Å². The second kappa shape index (κ2) is 10.3. The third-order valence-electron chi connectivity index (χ3n) is 6.38. The van der Waals surface area contributed by atoms with Gasteiger partial charge in [-0.3, -0.25) is 4.90 Å². The van der Waals surface area contributed by atoms with Gasteiger partial charge in [0.15, 0.2) is 0 Å². The molecule has 0 radical (unpaired) electrons. The zero-order valence-electron chi connectivity index (χ0n) is 17.1. The Morgan fingerprint density at radius 1 is 1.07 bits per heavy atom. The number of nitrogens with one attached hydrogen (secondary N) is 2. The molecule has 2 saturated heterocycles. The van der Waals surface area contributed by atoms with Gasteiger partial charge in [-0.25, -0.2) is 0 Å². The van der Waals surface area contributed by atoms with Crippen molar-refractivity contribution in [2.24, 2.45) is 5.92 Å². The molecule has 3 heterocycles. The van der Waals surface area contributed by atoms with Crippen LogP contribution in [0.4, 0.5) is 0 Å². The molecule has 2 aromatic rings. The lowest BCUT2D eigenvalue weighted by molar-refractivity contribution is 0.0772. The van der Waals surface area contributed by atoms with Crippen LogP contribution in [0.25, 0.3) is 10.9 Å². The fourth-order valence-electron chi connectivity index (χ4n) is 4.85. The molecule has 3 N–H and O–H groups in total. The van der Waals surface area contributed by atoms with Crippen molar-refractivity contribution in [2.75, 3.05) is 32.8 Å². The Morgan fingerprint density at radius 2 is 1.78 bits per heavy atom. The maximum Gasteiger partial charge on any atom is 0.0586 e. The zero-order chi connectivity index (χ0) is 19.1. The Balaban J connectivity index is 0.00000102. The standard InChI is InChI=1S/C21H31N3O.C2H6/c25-15-18(13-16-5-9-22-10-6-16)24-11-7-17(8-12-24)20-14-23-21-4-2-1-3-19(20)21;1-2/h1-4,14,16-18,22-23,25H,5-13,15H2;1-2H3. The topological polar surface area (TPSA) is 51.3 Å². The highest BCUT2D eigenvalue weighted by atomic mass is 16.3. The molecule has 4 nitrogen and oxygen atoms in total. The monoisotopic (exact) mass is 371 g/mol. The lowest BCUT2D eigenvalue weighted by Crippen LogP contribution is -2.44. The summed E-state index contributed by atoms with van der Waals surface area (Å²) in [4.78, 5) is 5.97. The van der Waals surface area contributed by atoms with Gasteiger partial charge in [0, 0.05) is 23.1 Å². The number of piperidine rings is 2. The average molecular weight is 372 g/mol. The maximum absolute atomic E-state index is 9.94. The van der Waals surface area contributed by atoms with Crippen molar-refractivity contribution < 1.29 is 5.11 Å². The highest BCUT2D eigenvalue weighted by Gasteiger charge is 2.28. The summed E-state index contributed by atoms with van der Waals surface area (Å²) >= 11 is 0. The molecule has 150 valence electrons. The van der Waals surface area contributed by atoms with Crippen molar-refractivity contribution >= 4 is 10.9 Å². The van der Waals surface area contributed by atoms with Crippen molar-refractivity contribution in [2.45, 2.75) is 57.9 Å². The van der Waals surface area contributed by atoms with Crippen LogP contribution >= 0.6 is 0 Å². The van der Waals surface area contributed by atoms with Crippen molar-refractivity contribution in [1.82, 2.24) is 15.2 Å². The van der Waals surface area contributed by atoms with E-state index < -0.39 is 0 Å². The summed E-state index contributed by atoms with van der Waals surface area (Å²) in [6.07, 6.45) is 8.30. The molecule has 1 aromatic carbocycles. The summed E-state index contributed by atoms with van der Waals surface area (Å²) < 4.78 is 0. The fraction of sp³-hybridized carbons (Fsp3) is 0.652. The lowest BCUT2D eigenvalue weighted by Gasteiger charge is -2.38. The summed E-state index contributed by atoms with van der Waals surface area (Å²) in [5, 5.41) is 14.8. The molecule has 0 spiro atoms. The van der Waals surface area contributed by atoms with E-state index in [4.69, 9.17) is 0 Å². The third-order valence-corrected chi connectivity index (χ3v) is 6.38. The van der Waals surface area contributed by atoms with E-state index in [1.807, 2.05) is 13.8 Å². The van der Waals surface area contributed by atoms with Crippen LogP contribution in [0.1, 0.15) is 57.4 Å². The Morgan fingerprint density at radius 3 is 2.48 bits per heavy atom. The highest BCUT2D eigenvalue weighted by molar-refractivity contribution is 5.83. The lowest BCUT2D eigenvalue weighted by atomic mass is 9.86. The fourth-order valence-corrected chi connectivity index (χ4v) is 4.85. The molecule has 0 bridgehead atoms. The number of fused-ring (bicyclic) bond motifs is 1. The molecule has 27 heavy (non-hydrogen) atoms. The number of hydrogen-bond acceptors (Lipinski definition) is 3. The van der Waals surface area contributed by atoms with Gasteiger partial charge < -0.3 is 15.4 Å². The number of aromatic amines is 1. The molecule has 0 amide bonds. The first-order chi connectivity index (χ1) is 13.3. The summed E-state index contributed by atoms with van der Waals surface area (Å²) in [7, 11) is 0. The van der Waals surface area contributed by atoms with Gasteiger partial charge >= 0.3 is 0 Å². The SMILES string of the molecule is CC.OCC(CC1CCNCC1)N1CCC(c2c[nH]c3ccccc23)CC1. The van der Waals surface area contributed by atoms with Crippen molar-refractivity contribution in [3.63, 3.8) is 0 Å². The molecular formula is C23H37N3O. The predicted molar refractivity (Wildman–Crippen MR) is 114 cm³/mol. The second-order valence-corrected chi connectivity index (χ2v) is 7.87. The second-order valence-electron chi connectivity index (χ2n) is 7.87. The Kier molecular flexibility index (Phi) is 7.74. The van der Waals surface area contributed by atoms with Gasteiger partial charge in [0.25, 0.3) is 0 Å². The quantitative estimate of drug-likeness (QED) is 0.741. The minimum absolute atomic E-state index is 0.307. The van der Waals surface area contributed by atoms with Crippen LogP contribution in [-0.2, 0) is 0 Å². The van der Waals surface area contributed by atoms with Gasteiger partial charge in [0.05, 0.1) is 6.61 Å². The summed E-state index contributed by atoms with van der Waals surface area (Å²) in [5.74, 6) is 1.43. The number of nitrogens with zero attached hydrogens (tertiary/aromatic N) is 1. The van der Waals surface area contributed by atoms with Crippen LogP contribution < -0.4 is 5.32 Å². The van der Waals surface area contributed by atoms with Gasteiger partial charge in [0.2, 0.25) is 0 Å². The molecule has 2 aliphatic heterocycles. The molecule has 1 unspecified atom stereocenters. The maximum atomic E-state index is 9.94. The molecule has 0 aliphatic carbocycles. The molecule has 1 aromatic heterocycles. The Labute approximate surface area is 164 Å². The van der Waals surface area contributed by atoms with Gasteiger partial charge in [-0.15, -0.1) is 0 Å². The van der Waals surface area contributed by atoms with E-state index in [2.05, 4.69) is 45.7 Å². The molecule has 2 aliphatic rings. The smallest absolute Gasteiger partial charge is 0.0586 e. The highest BCUT2D eigenvalue weighted by Crippen LogP contribution is 2.34. The first-order valence-electron chi connectivity index (χ1n) is 11.0. The molecular weight excluding hydrogens is 334 g/mol. The number of hydrogen-bond donors (Lipinski definition) is 3. The van der Waals surface area contributed by atoms with Crippen LogP contribution in [0.15, 0.2) is 30.5 Å². The average Bonchev–Trinajstić information content (AvgIpc) is 3.19. The summed E-state index contributed by atoms with van der Waals surface area (Å²) in [6, 6.07) is 8.98. The van der Waals surface area contributed by atoms with Crippen LogP contribution in [0.2, 0.25) is 0 Å². The molecule has 2 fully saturated rings. The first-order valence-corrected chi connectivity index (χ1v) is 11.0. The van der Waals surface area contributed by atoms with Crippen LogP contribution in [-0.4, -0.2) is 53.8 Å². The minimum Gasteiger partial charge on any atom is -0.395 e. The third kappa shape index (κ3) is 4.92. The first kappa shape index (κ1) is 20.4. The molecule has 1 atom stereocenters. The number of para-hydroxylation sites is 1. The minimum atomic E-state index is 0.307. The zero-order valence-corrected chi connectivity index (χ0v) is 17.1. The number of likely N-dealkylation sites (tertiary alicyclic amines) is 1. The van der Waals surface area contributed by atoms with Gasteiger partial charge in [-0.2, -0.15) is 0 Å². The predicted octanol–water partition coefficient (Wildman–Crippen LogP) is 4.12. The van der Waals surface area contributed by atoms with E-state index in [9.17, 15) is 5.11 Å². The Hall–Kier alpha value is -1.36. The van der Waals surface area contributed by atoms with Crippen LogP contribution in [0, 0.1) is 5.92 Å². The largest absolute Gasteiger partial charge is 0.395 e. The van der Waals surface area contributed by atoms with E-state index in [0.29, 0.717) is 18.6 Å². The van der Waals surface area contributed by atoms with E-state index >= 15 is 0 Å².